The molecule has 0 aromatic rings. The second kappa shape index (κ2) is 12.9. The molecule has 4 rings (SSSR count). The number of carbonyl (C=O) groups excluding carboxylic acids is 4. The quantitative estimate of drug-likeness (QED) is 0.170. The molecule has 3 N–H and O–H groups in total. The Bertz CT molecular complexity index is 1120. The Morgan fingerprint density at radius 1 is 1.10 bits per heavy atom. The van der Waals surface area contributed by atoms with Gasteiger partial charge in [0.25, 0.3) is 0 Å². The molecule has 4 aliphatic carbocycles. The number of ether oxygens (including phenoxy) is 3. The largest absolute Gasteiger partial charge is 0.509 e. The van der Waals surface area contributed by atoms with E-state index < -0.39 is 47.0 Å². The minimum Gasteiger partial charge on any atom is -0.457 e. The predicted molar refractivity (Wildman–Crippen MR) is 145 cm³/mol. The first-order valence-electron chi connectivity index (χ1n) is 14.9. The number of aliphatic hydroxyl groups is 1. The molecule has 0 aromatic heterocycles. The molecular formula is C30H43NO11. The summed E-state index contributed by atoms with van der Waals surface area (Å²) in [6.45, 7) is 5.13. The van der Waals surface area contributed by atoms with Crippen molar-refractivity contribution in [1.82, 2.24) is 5.39 Å². The van der Waals surface area contributed by atoms with E-state index in [0.717, 1.165) is 12.0 Å². The van der Waals surface area contributed by atoms with E-state index in [1.54, 1.807) is 19.1 Å². The van der Waals surface area contributed by atoms with Crippen molar-refractivity contribution in [3.8, 4) is 0 Å². The van der Waals surface area contributed by atoms with Crippen LogP contribution >= 0.6 is 0 Å². The van der Waals surface area contributed by atoms with Crippen molar-refractivity contribution < 1.29 is 53.7 Å². The number of hydrogen-bond acceptors (Lipinski definition) is 12. The smallest absolute Gasteiger partial charge is 0.457 e. The SMILES string of the molecule is CCOC(=O)O[C@]1(C(=O)COC(=O)CCCCCON(O)O)CC[C@H]2[C@@H]3CCC4=CC(=O)C=C[C@]4(C)[C@H]3[C@@H](O)C[C@@]21C. The lowest BCUT2D eigenvalue weighted by molar-refractivity contribution is -0.492. The highest BCUT2D eigenvalue weighted by Gasteiger charge is 2.70. The first-order valence-corrected chi connectivity index (χ1v) is 14.9. The summed E-state index contributed by atoms with van der Waals surface area (Å²) in [5, 5.41) is 28.4. The lowest BCUT2D eigenvalue weighted by Crippen LogP contribution is -2.63. The number of Topliss-reactive ketones (excluding diaryl/α,β-unsaturated/α-hetero) is 1. The highest BCUT2D eigenvalue weighted by atomic mass is 17.1. The van der Waals surface area contributed by atoms with Crippen LogP contribution in [-0.2, 0) is 33.4 Å². The number of allylic oxidation sites excluding steroid dienone is 4. The number of aliphatic hydroxyl groups excluding tert-OH is 1. The normalized spacial score (nSPS) is 35.1. The molecule has 0 aliphatic heterocycles. The molecule has 0 saturated heterocycles. The molecule has 0 aromatic carbocycles. The zero-order chi connectivity index (χ0) is 30.7. The summed E-state index contributed by atoms with van der Waals surface area (Å²) >= 11 is 0. The molecule has 7 atom stereocenters. The van der Waals surface area contributed by atoms with Gasteiger partial charge in [0.2, 0.25) is 5.78 Å². The molecule has 12 nitrogen and oxygen atoms in total. The summed E-state index contributed by atoms with van der Waals surface area (Å²) in [6.07, 6.45) is 7.35. The number of rotatable bonds is 12. The fourth-order valence-electron chi connectivity index (χ4n) is 8.31. The molecule has 234 valence electrons. The van der Waals surface area contributed by atoms with E-state index >= 15 is 0 Å². The van der Waals surface area contributed by atoms with Gasteiger partial charge in [-0.3, -0.25) is 29.6 Å². The van der Waals surface area contributed by atoms with Crippen molar-refractivity contribution in [2.24, 2.45) is 28.6 Å². The highest BCUT2D eigenvalue weighted by Crippen LogP contribution is 2.68. The van der Waals surface area contributed by atoms with Crippen LogP contribution in [0.3, 0.4) is 0 Å². The number of unbranched alkanes of at least 4 members (excludes halogenated alkanes) is 2. The van der Waals surface area contributed by atoms with Crippen LogP contribution in [0.5, 0.6) is 0 Å². The molecule has 0 bridgehead atoms. The molecule has 3 fully saturated rings. The van der Waals surface area contributed by atoms with Crippen LogP contribution in [0.2, 0.25) is 0 Å². The molecule has 0 unspecified atom stereocenters. The molecule has 0 radical (unpaired) electrons. The van der Waals surface area contributed by atoms with Gasteiger partial charge in [-0.1, -0.05) is 31.9 Å². The zero-order valence-electron chi connectivity index (χ0n) is 24.6. The highest BCUT2D eigenvalue weighted by molar-refractivity contribution is 6.01. The van der Waals surface area contributed by atoms with Gasteiger partial charge < -0.3 is 19.3 Å². The van der Waals surface area contributed by atoms with Crippen molar-refractivity contribution >= 4 is 23.7 Å². The summed E-state index contributed by atoms with van der Waals surface area (Å²) in [5.74, 6) is -1.36. The third kappa shape index (κ3) is 6.05. The molecule has 4 aliphatic rings. The minimum absolute atomic E-state index is 0.0227. The maximum absolute atomic E-state index is 13.9. The number of nitrogens with zero attached hydrogens (tertiary/aromatic N) is 1. The average molecular weight is 594 g/mol. The maximum atomic E-state index is 13.9. The van der Waals surface area contributed by atoms with E-state index in [2.05, 4.69) is 11.8 Å². The average Bonchev–Trinajstić information content (AvgIpc) is 3.21. The minimum atomic E-state index is -1.64. The topological polar surface area (TPSA) is 169 Å². The van der Waals surface area contributed by atoms with Crippen molar-refractivity contribution in [2.45, 2.75) is 90.3 Å². The Morgan fingerprint density at radius 2 is 1.86 bits per heavy atom. The summed E-state index contributed by atoms with van der Waals surface area (Å²) in [5.41, 5.74) is -2.02. The third-order valence-electron chi connectivity index (χ3n) is 10.2. The van der Waals surface area contributed by atoms with Gasteiger partial charge in [-0.25, -0.2) is 4.79 Å². The Kier molecular flexibility index (Phi) is 9.93. The first-order chi connectivity index (χ1) is 19.9. The molecule has 12 heteroatoms. The van der Waals surface area contributed by atoms with Crippen LogP contribution in [-0.4, -0.2) is 76.1 Å². The zero-order valence-corrected chi connectivity index (χ0v) is 24.6. The monoisotopic (exact) mass is 593 g/mol. The number of esters is 1. The Labute approximate surface area is 245 Å². The van der Waals surface area contributed by atoms with Gasteiger partial charge in [0.05, 0.1) is 24.7 Å². The van der Waals surface area contributed by atoms with Gasteiger partial charge in [0.15, 0.2) is 18.0 Å². The van der Waals surface area contributed by atoms with E-state index in [1.165, 1.54) is 0 Å². The predicted octanol–water partition coefficient (Wildman–Crippen LogP) is 3.86. The van der Waals surface area contributed by atoms with Crippen LogP contribution in [0.1, 0.15) is 78.6 Å². The van der Waals surface area contributed by atoms with Crippen LogP contribution in [0.25, 0.3) is 0 Å². The van der Waals surface area contributed by atoms with E-state index in [1.807, 2.05) is 13.0 Å². The Hall–Kier alpha value is -2.64. The molecule has 0 heterocycles. The number of fused-ring (bicyclic) bond motifs is 5. The maximum Gasteiger partial charge on any atom is 0.509 e. The van der Waals surface area contributed by atoms with Gasteiger partial charge in [0.1, 0.15) is 0 Å². The lowest BCUT2D eigenvalue weighted by atomic mass is 9.46. The second-order valence-electron chi connectivity index (χ2n) is 12.3. The van der Waals surface area contributed by atoms with E-state index in [9.17, 15) is 24.3 Å². The lowest BCUT2D eigenvalue weighted by Gasteiger charge is -2.59. The Morgan fingerprint density at radius 3 is 2.57 bits per heavy atom. The van der Waals surface area contributed by atoms with E-state index in [4.69, 9.17) is 24.6 Å². The van der Waals surface area contributed by atoms with Crippen molar-refractivity contribution in [1.29, 1.82) is 0 Å². The van der Waals surface area contributed by atoms with Gasteiger partial charge in [-0.15, -0.1) is 0 Å². The third-order valence-corrected chi connectivity index (χ3v) is 10.2. The van der Waals surface area contributed by atoms with Crippen LogP contribution in [0, 0.1) is 28.6 Å². The van der Waals surface area contributed by atoms with Crippen molar-refractivity contribution in [3.05, 3.63) is 23.8 Å². The van der Waals surface area contributed by atoms with Gasteiger partial charge >= 0.3 is 12.1 Å². The van der Waals surface area contributed by atoms with Gasteiger partial charge in [-0.2, -0.15) is 0 Å². The molecule has 42 heavy (non-hydrogen) atoms. The Balaban J connectivity index is 1.50. The number of carbonyl (C=O) groups is 4. The fourth-order valence-corrected chi connectivity index (χ4v) is 8.31. The molecule has 3 saturated carbocycles. The van der Waals surface area contributed by atoms with E-state index in [-0.39, 0.29) is 61.4 Å². The standard InChI is InChI=1S/C30H43NO11/c1-4-39-27(36)42-30(24(34)18-40-25(35)8-6-5-7-15-41-31(37)38)14-12-22-21-10-9-19-16-20(32)11-13-28(19,2)26(21)23(33)17-29(22,30)3/h11,13,16,21-23,26,33,37-38H,4-10,12,14-15,17-18H2,1-3H3/t21-,22-,23-,26+,28-,29-,30-/m0/s1. The van der Waals surface area contributed by atoms with Gasteiger partial charge in [-0.05, 0) is 75.9 Å². The fraction of sp³-hybridized carbons (Fsp3) is 0.733. The van der Waals surface area contributed by atoms with E-state index in [0.29, 0.717) is 32.1 Å². The molecular weight excluding hydrogens is 550 g/mol. The van der Waals surface area contributed by atoms with Crippen LogP contribution < -0.4 is 0 Å². The van der Waals surface area contributed by atoms with Crippen LogP contribution in [0.15, 0.2) is 23.8 Å². The number of ketones is 2. The van der Waals surface area contributed by atoms with Gasteiger partial charge in [0, 0.05) is 23.2 Å². The molecule has 0 spiro atoms. The number of hydrogen-bond donors (Lipinski definition) is 3. The van der Waals surface area contributed by atoms with Crippen LogP contribution in [0.4, 0.5) is 4.79 Å². The summed E-state index contributed by atoms with van der Waals surface area (Å²) in [4.78, 5) is 55.6. The molecule has 0 amide bonds. The summed E-state index contributed by atoms with van der Waals surface area (Å²) in [6, 6.07) is 0. The van der Waals surface area contributed by atoms with Crippen molar-refractivity contribution in [2.75, 3.05) is 19.8 Å². The van der Waals surface area contributed by atoms with Crippen molar-refractivity contribution in [3.63, 3.8) is 0 Å². The second-order valence-corrected chi connectivity index (χ2v) is 12.3. The first kappa shape index (κ1) is 32.3. The summed E-state index contributed by atoms with van der Waals surface area (Å²) in [7, 11) is 0. The summed E-state index contributed by atoms with van der Waals surface area (Å²) < 4.78 is 16.3.